The second-order valence-corrected chi connectivity index (χ2v) is 5.80. The molecule has 0 atom stereocenters. The van der Waals surface area contributed by atoms with Gasteiger partial charge in [0.15, 0.2) is 0 Å². The predicted octanol–water partition coefficient (Wildman–Crippen LogP) is 4.49. The summed E-state index contributed by atoms with van der Waals surface area (Å²) in [5.41, 5.74) is 1.88. The molecule has 0 spiro atoms. The van der Waals surface area contributed by atoms with Crippen molar-refractivity contribution in [1.82, 2.24) is 5.32 Å². The predicted molar refractivity (Wildman–Crippen MR) is 94.3 cm³/mol. The molecule has 0 aliphatic rings. The molecule has 2 aromatic carbocycles. The van der Waals surface area contributed by atoms with Gasteiger partial charge < -0.3 is 10.1 Å². The Morgan fingerprint density at radius 2 is 1.78 bits per heavy atom. The van der Waals surface area contributed by atoms with Gasteiger partial charge >= 0.3 is 0 Å². The molecule has 0 aliphatic carbocycles. The highest BCUT2D eigenvalue weighted by Crippen LogP contribution is 2.13. The first kappa shape index (κ1) is 17.4. The fraction of sp³-hybridized carbons (Fsp3) is 0.316. The van der Waals surface area contributed by atoms with Gasteiger partial charge in [-0.3, -0.25) is 4.79 Å². The van der Waals surface area contributed by atoms with E-state index in [0.29, 0.717) is 18.7 Å². The van der Waals surface area contributed by atoms with Crippen LogP contribution in [0.15, 0.2) is 48.5 Å². The summed E-state index contributed by atoms with van der Waals surface area (Å²) in [5.74, 6) is 0.745. The molecule has 0 radical (unpaired) electrons. The molecule has 4 heteroatoms. The molecule has 122 valence electrons. The van der Waals surface area contributed by atoms with Crippen molar-refractivity contribution in [2.75, 3.05) is 13.2 Å². The lowest BCUT2D eigenvalue weighted by atomic mass is 10.1. The fourth-order valence-electron chi connectivity index (χ4n) is 2.17. The minimum absolute atomic E-state index is 0.0526. The SMILES string of the molecule is CCCOc1ccc(C(=O)NCCCc2ccc(Cl)cc2)cc1. The van der Waals surface area contributed by atoms with Gasteiger partial charge in [0.1, 0.15) is 5.75 Å². The molecule has 0 unspecified atom stereocenters. The summed E-state index contributed by atoms with van der Waals surface area (Å²) in [5, 5.41) is 3.68. The summed E-state index contributed by atoms with van der Waals surface area (Å²) in [4.78, 5) is 12.1. The number of carbonyl (C=O) groups excluding carboxylic acids is 1. The summed E-state index contributed by atoms with van der Waals surface area (Å²) in [6.45, 7) is 3.40. The van der Waals surface area contributed by atoms with Crippen molar-refractivity contribution >= 4 is 17.5 Å². The smallest absolute Gasteiger partial charge is 0.251 e. The molecule has 0 aliphatic heterocycles. The number of rotatable bonds is 8. The van der Waals surface area contributed by atoms with Crippen LogP contribution in [0.1, 0.15) is 35.7 Å². The summed E-state index contributed by atoms with van der Waals surface area (Å²) < 4.78 is 5.50. The van der Waals surface area contributed by atoms with Crippen LogP contribution in [0.25, 0.3) is 0 Å². The van der Waals surface area contributed by atoms with Crippen molar-refractivity contribution in [2.24, 2.45) is 0 Å². The largest absolute Gasteiger partial charge is 0.494 e. The number of ether oxygens (including phenoxy) is 1. The summed E-state index contributed by atoms with van der Waals surface area (Å²) >= 11 is 5.86. The molecule has 3 nitrogen and oxygen atoms in total. The van der Waals surface area contributed by atoms with Crippen LogP contribution in [0.4, 0.5) is 0 Å². The minimum atomic E-state index is -0.0526. The normalized spacial score (nSPS) is 10.3. The number of halogens is 1. The van der Waals surface area contributed by atoms with Crippen LogP contribution in [0.2, 0.25) is 5.02 Å². The second kappa shape index (κ2) is 9.21. The molecule has 23 heavy (non-hydrogen) atoms. The van der Waals surface area contributed by atoms with Gasteiger partial charge in [0, 0.05) is 17.1 Å². The fourth-order valence-corrected chi connectivity index (χ4v) is 2.30. The van der Waals surface area contributed by atoms with Crippen LogP contribution in [-0.4, -0.2) is 19.1 Å². The molecular formula is C19H22ClNO2. The van der Waals surface area contributed by atoms with Crippen molar-refractivity contribution in [3.05, 3.63) is 64.7 Å². The first-order chi connectivity index (χ1) is 11.2. The van der Waals surface area contributed by atoms with Gasteiger partial charge in [-0.1, -0.05) is 30.7 Å². The van der Waals surface area contributed by atoms with Crippen LogP contribution >= 0.6 is 11.6 Å². The van der Waals surface area contributed by atoms with E-state index >= 15 is 0 Å². The summed E-state index contributed by atoms with van der Waals surface area (Å²) in [7, 11) is 0. The zero-order chi connectivity index (χ0) is 16.5. The van der Waals surface area contributed by atoms with Gasteiger partial charge in [-0.05, 0) is 61.2 Å². The highest BCUT2D eigenvalue weighted by molar-refractivity contribution is 6.30. The van der Waals surface area contributed by atoms with E-state index in [1.165, 1.54) is 5.56 Å². The molecule has 0 aromatic heterocycles. The Morgan fingerprint density at radius 1 is 1.09 bits per heavy atom. The third-order valence-corrected chi connectivity index (χ3v) is 3.68. The Kier molecular flexibility index (Phi) is 6.95. The van der Waals surface area contributed by atoms with Crippen molar-refractivity contribution in [3.63, 3.8) is 0 Å². The lowest BCUT2D eigenvalue weighted by Gasteiger charge is -2.07. The van der Waals surface area contributed by atoms with Gasteiger partial charge in [-0.2, -0.15) is 0 Å². The minimum Gasteiger partial charge on any atom is -0.494 e. The van der Waals surface area contributed by atoms with E-state index in [2.05, 4.69) is 12.2 Å². The Hall–Kier alpha value is -2.00. The standard InChI is InChI=1S/C19H22ClNO2/c1-2-14-23-18-11-7-16(8-12-18)19(22)21-13-3-4-15-5-9-17(20)10-6-15/h5-12H,2-4,13-14H2,1H3,(H,21,22). The Bertz CT molecular complexity index is 608. The third kappa shape index (κ3) is 5.95. The maximum Gasteiger partial charge on any atom is 0.251 e. The molecule has 2 rings (SSSR count). The average Bonchev–Trinajstić information content (AvgIpc) is 2.58. The van der Waals surface area contributed by atoms with Crippen molar-refractivity contribution in [3.8, 4) is 5.75 Å². The maximum absolute atomic E-state index is 12.1. The van der Waals surface area contributed by atoms with E-state index in [1.54, 1.807) is 12.1 Å². The summed E-state index contributed by atoms with van der Waals surface area (Å²) in [6, 6.07) is 15.0. The van der Waals surface area contributed by atoms with E-state index in [-0.39, 0.29) is 5.91 Å². The molecule has 1 amide bonds. The number of benzene rings is 2. The number of carbonyl (C=O) groups is 1. The second-order valence-electron chi connectivity index (χ2n) is 5.36. The highest BCUT2D eigenvalue weighted by Gasteiger charge is 2.05. The Morgan fingerprint density at radius 3 is 2.43 bits per heavy atom. The van der Waals surface area contributed by atoms with E-state index in [0.717, 1.165) is 30.0 Å². The van der Waals surface area contributed by atoms with Gasteiger partial charge in [0.25, 0.3) is 5.91 Å². The van der Waals surface area contributed by atoms with Gasteiger partial charge in [-0.15, -0.1) is 0 Å². The zero-order valence-electron chi connectivity index (χ0n) is 13.3. The van der Waals surface area contributed by atoms with Gasteiger partial charge in [0.05, 0.1) is 6.61 Å². The van der Waals surface area contributed by atoms with E-state index in [9.17, 15) is 4.79 Å². The topological polar surface area (TPSA) is 38.3 Å². The molecule has 1 N–H and O–H groups in total. The van der Waals surface area contributed by atoms with Crippen LogP contribution in [-0.2, 0) is 6.42 Å². The number of nitrogens with one attached hydrogen (secondary N) is 1. The highest BCUT2D eigenvalue weighted by atomic mass is 35.5. The van der Waals surface area contributed by atoms with E-state index in [1.807, 2.05) is 36.4 Å². The quantitative estimate of drug-likeness (QED) is 0.724. The Balaban J connectivity index is 1.72. The molecule has 0 saturated heterocycles. The number of hydrogen-bond donors (Lipinski definition) is 1. The van der Waals surface area contributed by atoms with Crippen LogP contribution < -0.4 is 10.1 Å². The van der Waals surface area contributed by atoms with Crippen molar-refractivity contribution < 1.29 is 9.53 Å². The lowest BCUT2D eigenvalue weighted by molar-refractivity contribution is 0.0953. The van der Waals surface area contributed by atoms with Crippen molar-refractivity contribution in [1.29, 1.82) is 0 Å². The van der Waals surface area contributed by atoms with E-state index < -0.39 is 0 Å². The first-order valence-corrected chi connectivity index (χ1v) is 8.32. The number of amides is 1. The molecular weight excluding hydrogens is 310 g/mol. The van der Waals surface area contributed by atoms with Crippen LogP contribution in [0, 0.1) is 0 Å². The number of aryl methyl sites for hydroxylation is 1. The monoisotopic (exact) mass is 331 g/mol. The maximum atomic E-state index is 12.1. The van der Waals surface area contributed by atoms with Gasteiger partial charge in [-0.25, -0.2) is 0 Å². The molecule has 0 fully saturated rings. The van der Waals surface area contributed by atoms with E-state index in [4.69, 9.17) is 16.3 Å². The van der Waals surface area contributed by atoms with Crippen LogP contribution in [0.3, 0.4) is 0 Å². The van der Waals surface area contributed by atoms with Gasteiger partial charge in [0.2, 0.25) is 0 Å². The Labute approximate surface area is 142 Å². The molecule has 2 aromatic rings. The van der Waals surface area contributed by atoms with Crippen molar-refractivity contribution in [2.45, 2.75) is 26.2 Å². The third-order valence-electron chi connectivity index (χ3n) is 3.43. The molecule has 0 heterocycles. The van der Waals surface area contributed by atoms with Crippen LogP contribution in [0.5, 0.6) is 5.75 Å². The zero-order valence-corrected chi connectivity index (χ0v) is 14.1. The molecule has 0 bridgehead atoms. The first-order valence-electron chi connectivity index (χ1n) is 7.94. The average molecular weight is 332 g/mol. The molecule has 0 saturated carbocycles. The number of hydrogen-bond acceptors (Lipinski definition) is 2. The summed E-state index contributed by atoms with van der Waals surface area (Å²) in [6.07, 6.45) is 2.78. The lowest BCUT2D eigenvalue weighted by Crippen LogP contribution is -2.24.